The van der Waals surface area contributed by atoms with E-state index in [0.29, 0.717) is 6.61 Å². The van der Waals surface area contributed by atoms with E-state index in [1.807, 2.05) is 30.3 Å². The summed E-state index contributed by atoms with van der Waals surface area (Å²) >= 11 is 3.40. The van der Waals surface area contributed by atoms with Crippen molar-refractivity contribution in [1.29, 1.82) is 0 Å². The molecule has 0 atom stereocenters. The number of ether oxygens (including phenoxy) is 1. The Morgan fingerprint density at radius 3 is 2.74 bits per heavy atom. The van der Waals surface area contributed by atoms with Gasteiger partial charge >= 0.3 is 0 Å². The molecule has 0 aliphatic rings. The fourth-order valence-corrected chi connectivity index (χ4v) is 2.00. The van der Waals surface area contributed by atoms with Crippen LogP contribution in [-0.4, -0.2) is 6.54 Å². The summed E-state index contributed by atoms with van der Waals surface area (Å²) in [6.07, 6.45) is 2.84. The van der Waals surface area contributed by atoms with Crippen molar-refractivity contribution in [2.75, 3.05) is 6.54 Å². The molecule has 0 amide bonds. The normalized spacial score (nSPS) is 10.6. The van der Waals surface area contributed by atoms with Crippen LogP contribution in [0.3, 0.4) is 0 Å². The summed E-state index contributed by atoms with van der Waals surface area (Å²) in [6, 6.07) is 9.77. The molecule has 2 rings (SSSR count). The molecule has 3 nitrogen and oxygen atoms in total. The van der Waals surface area contributed by atoms with Gasteiger partial charge in [-0.05, 0) is 43.3 Å². The predicted octanol–water partition coefficient (Wildman–Crippen LogP) is 4.12. The summed E-state index contributed by atoms with van der Waals surface area (Å²) in [4.78, 5) is 0. The third-order valence-corrected chi connectivity index (χ3v) is 3.29. The van der Waals surface area contributed by atoms with Crippen LogP contribution < -0.4 is 10.1 Å². The first kappa shape index (κ1) is 14.2. The quantitative estimate of drug-likeness (QED) is 0.778. The lowest BCUT2D eigenvalue weighted by Crippen LogP contribution is -2.14. The Bertz CT molecular complexity index is 493. The molecule has 4 heteroatoms. The number of hydrogen-bond donors (Lipinski definition) is 1. The van der Waals surface area contributed by atoms with Gasteiger partial charge in [-0.3, -0.25) is 0 Å². The van der Waals surface area contributed by atoms with Crippen molar-refractivity contribution in [2.45, 2.75) is 26.5 Å². The first-order valence-corrected chi connectivity index (χ1v) is 7.23. The molecule has 19 heavy (non-hydrogen) atoms. The second-order valence-corrected chi connectivity index (χ2v) is 5.20. The van der Waals surface area contributed by atoms with Crippen LogP contribution in [0.15, 0.2) is 45.5 Å². The largest absolute Gasteiger partial charge is 0.486 e. The van der Waals surface area contributed by atoms with Gasteiger partial charge in [0.05, 0.1) is 6.26 Å². The summed E-state index contributed by atoms with van der Waals surface area (Å²) in [5.41, 5.74) is 1.16. The van der Waals surface area contributed by atoms with Gasteiger partial charge in [0.1, 0.15) is 18.1 Å². The van der Waals surface area contributed by atoms with Crippen molar-refractivity contribution < 1.29 is 9.15 Å². The Morgan fingerprint density at radius 1 is 1.21 bits per heavy atom. The molecular formula is C15H18BrNO2. The zero-order chi connectivity index (χ0) is 13.5. The average molecular weight is 324 g/mol. The van der Waals surface area contributed by atoms with E-state index >= 15 is 0 Å². The maximum absolute atomic E-state index is 5.71. The number of hydrogen-bond acceptors (Lipinski definition) is 3. The molecule has 0 aliphatic carbocycles. The average Bonchev–Trinajstić information content (AvgIpc) is 2.86. The molecular weight excluding hydrogens is 306 g/mol. The zero-order valence-corrected chi connectivity index (χ0v) is 12.6. The van der Waals surface area contributed by atoms with E-state index in [1.165, 1.54) is 0 Å². The molecule has 0 radical (unpaired) electrons. The molecule has 1 N–H and O–H groups in total. The van der Waals surface area contributed by atoms with E-state index in [2.05, 4.69) is 28.2 Å². The van der Waals surface area contributed by atoms with Crippen molar-refractivity contribution in [1.82, 2.24) is 5.32 Å². The van der Waals surface area contributed by atoms with Crippen molar-refractivity contribution in [3.05, 3.63) is 52.4 Å². The van der Waals surface area contributed by atoms with Crippen LogP contribution in [0, 0.1) is 0 Å². The van der Waals surface area contributed by atoms with Crippen LogP contribution in [0.1, 0.15) is 24.7 Å². The molecule has 0 fully saturated rings. The summed E-state index contributed by atoms with van der Waals surface area (Å²) < 4.78 is 12.2. The predicted molar refractivity (Wildman–Crippen MR) is 79.2 cm³/mol. The van der Waals surface area contributed by atoms with Crippen molar-refractivity contribution in [3.8, 4) is 5.75 Å². The lowest BCUT2D eigenvalue weighted by molar-refractivity contribution is 0.268. The SMILES string of the molecule is CCCNCc1ccoc1COc1ccc(Br)cc1. The molecule has 102 valence electrons. The lowest BCUT2D eigenvalue weighted by Gasteiger charge is -2.07. The summed E-state index contributed by atoms with van der Waals surface area (Å²) in [7, 11) is 0. The standard InChI is InChI=1S/C15H18BrNO2/c1-2-8-17-10-12-7-9-18-15(12)11-19-14-5-3-13(16)4-6-14/h3-7,9,17H,2,8,10-11H2,1H3. The minimum absolute atomic E-state index is 0.456. The van der Waals surface area contributed by atoms with E-state index in [4.69, 9.17) is 9.15 Å². The Morgan fingerprint density at radius 2 is 2.00 bits per heavy atom. The molecule has 0 saturated carbocycles. The highest BCUT2D eigenvalue weighted by Gasteiger charge is 2.06. The van der Waals surface area contributed by atoms with Crippen LogP contribution in [0.5, 0.6) is 5.75 Å². The van der Waals surface area contributed by atoms with Gasteiger partial charge < -0.3 is 14.5 Å². The second-order valence-electron chi connectivity index (χ2n) is 4.29. The molecule has 1 aromatic carbocycles. The Kier molecular flexibility index (Phi) is 5.48. The smallest absolute Gasteiger partial charge is 0.146 e. The Labute approximate surface area is 122 Å². The molecule has 2 aromatic rings. The first-order chi connectivity index (χ1) is 9.29. The third-order valence-electron chi connectivity index (χ3n) is 2.76. The van der Waals surface area contributed by atoms with Crippen molar-refractivity contribution >= 4 is 15.9 Å². The van der Waals surface area contributed by atoms with Gasteiger partial charge in [0.15, 0.2) is 0 Å². The summed E-state index contributed by atoms with van der Waals surface area (Å²) in [5.74, 6) is 1.72. The van der Waals surface area contributed by atoms with E-state index < -0.39 is 0 Å². The van der Waals surface area contributed by atoms with Gasteiger partial charge in [-0.25, -0.2) is 0 Å². The van der Waals surface area contributed by atoms with Gasteiger partial charge in [-0.2, -0.15) is 0 Å². The highest BCUT2D eigenvalue weighted by atomic mass is 79.9. The maximum atomic E-state index is 5.71. The Hall–Kier alpha value is -1.26. The number of rotatable bonds is 7. The Balaban J connectivity index is 1.88. The number of nitrogens with one attached hydrogen (secondary N) is 1. The van der Waals surface area contributed by atoms with Gasteiger partial charge in [0.25, 0.3) is 0 Å². The van der Waals surface area contributed by atoms with Crippen molar-refractivity contribution in [3.63, 3.8) is 0 Å². The minimum Gasteiger partial charge on any atom is -0.486 e. The lowest BCUT2D eigenvalue weighted by atomic mass is 10.2. The van der Waals surface area contributed by atoms with Crippen LogP contribution in [0.2, 0.25) is 0 Å². The van der Waals surface area contributed by atoms with Crippen LogP contribution in [0.4, 0.5) is 0 Å². The van der Waals surface area contributed by atoms with E-state index in [1.54, 1.807) is 6.26 Å². The van der Waals surface area contributed by atoms with Gasteiger partial charge in [-0.1, -0.05) is 22.9 Å². The number of furan rings is 1. The molecule has 0 aliphatic heterocycles. The monoisotopic (exact) mass is 323 g/mol. The van der Waals surface area contributed by atoms with E-state index in [9.17, 15) is 0 Å². The van der Waals surface area contributed by atoms with E-state index in [0.717, 1.165) is 41.1 Å². The van der Waals surface area contributed by atoms with Crippen LogP contribution in [-0.2, 0) is 13.2 Å². The number of halogens is 1. The highest BCUT2D eigenvalue weighted by molar-refractivity contribution is 9.10. The van der Waals surface area contributed by atoms with Crippen molar-refractivity contribution in [2.24, 2.45) is 0 Å². The van der Waals surface area contributed by atoms with E-state index in [-0.39, 0.29) is 0 Å². The highest BCUT2D eigenvalue weighted by Crippen LogP contribution is 2.18. The van der Waals surface area contributed by atoms with Gasteiger partial charge in [0, 0.05) is 16.6 Å². The summed E-state index contributed by atoms with van der Waals surface area (Å²) in [5, 5.41) is 3.36. The second kappa shape index (κ2) is 7.36. The number of benzene rings is 1. The molecule has 1 aromatic heterocycles. The molecule has 0 unspecified atom stereocenters. The third kappa shape index (κ3) is 4.40. The summed E-state index contributed by atoms with van der Waals surface area (Å²) in [6.45, 7) is 4.44. The first-order valence-electron chi connectivity index (χ1n) is 6.44. The topological polar surface area (TPSA) is 34.4 Å². The van der Waals surface area contributed by atoms with Gasteiger partial charge in [-0.15, -0.1) is 0 Å². The fourth-order valence-electron chi connectivity index (χ4n) is 1.73. The molecule has 0 bridgehead atoms. The molecule has 0 spiro atoms. The van der Waals surface area contributed by atoms with Gasteiger partial charge in [0.2, 0.25) is 0 Å². The minimum atomic E-state index is 0.456. The zero-order valence-electron chi connectivity index (χ0n) is 11.0. The fraction of sp³-hybridized carbons (Fsp3) is 0.333. The maximum Gasteiger partial charge on any atom is 0.146 e. The van der Waals surface area contributed by atoms with Crippen LogP contribution in [0.25, 0.3) is 0 Å². The molecule has 0 saturated heterocycles. The van der Waals surface area contributed by atoms with Crippen LogP contribution >= 0.6 is 15.9 Å². The molecule has 1 heterocycles.